The summed E-state index contributed by atoms with van der Waals surface area (Å²) in [6, 6.07) is 4.39. The molecule has 1 fully saturated rings. The molecule has 1 aliphatic heterocycles. The standard InChI is InChI=1S/C14H22N4O/c1-10(16-2)11-5-6-13(17-8-11)18-7-3-4-12(9-18)14(15)19/h5-6,8,10,12,16H,3-4,7,9H2,1-2H3,(H2,15,19). The number of nitrogens with zero attached hydrogens (tertiary/aromatic N) is 2. The van der Waals surface area contributed by atoms with Gasteiger partial charge in [-0.05, 0) is 38.4 Å². The molecular formula is C14H22N4O. The van der Waals surface area contributed by atoms with Gasteiger partial charge in [-0.15, -0.1) is 0 Å². The van der Waals surface area contributed by atoms with E-state index < -0.39 is 0 Å². The molecule has 0 radical (unpaired) electrons. The van der Waals surface area contributed by atoms with Crippen LogP contribution in [-0.4, -0.2) is 31.0 Å². The van der Waals surface area contributed by atoms with Crippen molar-refractivity contribution in [3.63, 3.8) is 0 Å². The minimum absolute atomic E-state index is 0.0496. The molecule has 104 valence electrons. The van der Waals surface area contributed by atoms with E-state index in [1.165, 1.54) is 0 Å². The molecule has 3 N–H and O–H groups in total. The Balaban J connectivity index is 2.07. The fourth-order valence-corrected chi connectivity index (χ4v) is 2.42. The Bertz CT molecular complexity index is 432. The van der Waals surface area contributed by atoms with Crippen molar-refractivity contribution in [2.75, 3.05) is 25.0 Å². The molecule has 0 bridgehead atoms. The topological polar surface area (TPSA) is 71.2 Å². The van der Waals surface area contributed by atoms with Crippen LogP contribution in [0.15, 0.2) is 18.3 Å². The van der Waals surface area contributed by atoms with Crippen molar-refractivity contribution >= 4 is 11.7 Å². The van der Waals surface area contributed by atoms with Crippen LogP contribution in [0.5, 0.6) is 0 Å². The highest BCUT2D eigenvalue weighted by molar-refractivity contribution is 5.77. The third-order valence-corrected chi connectivity index (χ3v) is 3.85. The lowest BCUT2D eigenvalue weighted by molar-refractivity contribution is -0.122. The number of primary amides is 1. The van der Waals surface area contributed by atoms with Crippen molar-refractivity contribution in [3.8, 4) is 0 Å². The summed E-state index contributed by atoms with van der Waals surface area (Å²) in [5.74, 6) is 0.676. The number of nitrogens with one attached hydrogen (secondary N) is 1. The highest BCUT2D eigenvalue weighted by atomic mass is 16.1. The van der Waals surface area contributed by atoms with E-state index in [9.17, 15) is 4.79 Å². The first-order chi connectivity index (χ1) is 9.11. The summed E-state index contributed by atoms with van der Waals surface area (Å²) in [5, 5.41) is 3.19. The molecule has 2 atom stereocenters. The molecule has 1 saturated heterocycles. The molecule has 2 heterocycles. The lowest BCUT2D eigenvalue weighted by Crippen LogP contribution is -2.41. The fraction of sp³-hybridized carbons (Fsp3) is 0.571. The molecule has 1 amide bonds. The number of piperidine rings is 1. The first-order valence-electron chi connectivity index (χ1n) is 6.79. The first-order valence-corrected chi connectivity index (χ1v) is 6.79. The number of anilines is 1. The van der Waals surface area contributed by atoms with E-state index in [4.69, 9.17) is 5.73 Å². The van der Waals surface area contributed by atoms with Gasteiger partial charge in [-0.1, -0.05) is 6.07 Å². The molecule has 19 heavy (non-hydrogen) atoms. The second kappa shape index (κ2) is 6.02. The lowest BCUT2D eigenvalue weighted by Gasteiger charge is -2.32. The lowest BCUT2D eigenvalue weighted by atomic mass is 9.97. The van der Waals surface area contributed by atoms with E-state index in [-0.39, 0.29) is 11.8 Å². The van der Waals surface area contributed by atoms with E-state index in [0.717, 1.165) is 30.8 Å². The van der Waals surface area contributed by atoms with Crippen LogP contribution in [0.4, 0.5) is 5.82 Å². The minimum atomic E-state index is -0.204. The van der Waals surface area contributed by atoms with Gasteiger partial charge in [-0.3, -0.25) is 4.79 Å². The summed E-state index contributed by atoms with van der Waals surface area (Å²) in [7, 11) is 1.93. The quantitative estimate of drug-likeness (QED) is 0.851. The average Bonchev–Trinajstić information content (AvgIpc) is 2.46. The van der Waals surface area contributed by atoms with Crippen LogP contribution >= 0.6 is 0 Å². The van der Waals surface area contributed by atoms with E-state index in [2.05, 4.69) is 28.2 Å². The maximum Gasteiger partial charge on any atom is 0.222 e. The summed E-state index contributed by atoms with van der Waals surface area (Å²) in [6.45, 7) is 3.72. The van der Waals surface area contributed by atoms with Gasteiger partial charge in [0.1, 0.15) is 5.82 Å². The number of hydrogen-bond donors (Lipinski definition) is 2. The Kier molecular flexibility index (Phi) is 4.37. The molecule has 2 rings (SSSR count). The molecule has 0 saturated carbocycles. The van der Waals surface area contributed by atoms with Gasteiger partial charge in [-0.25, -0.2) is 4.98 Å². The molecule has 5 nitrogen and oxygen atoms in total. The van der Waals surface area contributed by atoms with Gasteiger partial charge >= 0.3 is 0 Å². The van der Waals surface area contributed by atoms with Crippen LogP contribution in [0.2, 0.25) is 0 Å². The Labute approximate surface area is 114 Å². The zero-order chi connectivity index (χ0) is 13.8. The highest BCUT2D eigenvalue weighted by Gasteiger charge is 2.24. The van der Waals surface area contributed by atoms with Crippen LogP contribution in [0, 0.1) is 5.92 Å². The number of aromatic nitrogens is 1. The predicted molar refractivity (Wildman–Crippen MR) is 75.8 cm³/mol. The number of pyridine rings is 1. The average molecular weight is 262 g/mol. The minimum Gasteiger partial charge on any atom is -0.369 e. The highest BCUT2D eigenvalue weighted by Crippen LogP contribution is 2.22. The van der Waals surface area contributed by atoms with Crippen molar-refractivity contribution < 1.29 is 4.79 Å². The molecule has 0 spiro atoms. The van der Waals surface area contributed by atoms with Crippen molar-refractivity contribution in [1.82, 2.24) is 10.3 Å². The molecule has 0 aliphatic carbocycles. The Morgan fingerprint density at radius 1 is 1.58 bits per heavy atom. The number of carbonyl (C=O) groups excluding carboxylic acids is 1. The Hall–Kier alpha value is -1.62. The van der Waals surface area contributed by atoms with E-state index in [0.29, 0.717) is 12.6 Å². The molecule has 5 heteroatoms. The number of hydrogen-bond acceptors (Lipinski definition) is 4. The van der Waals surface area contributed by atoms with E-state index in [1.54, 1.807) is 0 Å². The molecule has 2 unspecified atom stereocenters. The second-order valence-electron chi connectivity index (χ2n) is 5.15. The Morgan fingerprint density at radius 2 is 2.37 bits per heavy atom. The maximum atomic E-state index is 11.3. The van der Waals surface area contributed by atoms with Crippen LogP contribution in [-0.2, 0) is 4.79 Å². The number of carbonyl (C=O) groups is 1. The van der Waals surface area contributed by atoms with Crippen molar-refractivity contribution in [1.29, 1.82) is 0 Å². The largest absolute Gasteiger partial charge is 0.369 e. The summed E-state index contributed by atoms with van der Waals surface area (Å²) < 4.78 is 0. The first kappa shape index (κ1) is 13.8. The molecular weight excluding hydrogens is 240 g/mol. The third kappa shape index (κ3) is 3.23. The summed E-state index contributed by atoms with van der Waals surface area (Å²) in [6.07, 6.45) is 3.77. The van der Waals surface area contributed by atoms with Gasteiger partial charge in [-0.2, -0.15) is 0 Å². The van der Waals surface area contributed by atoms with Gasteiger partial charge in [0.05, 0.1) is 5.92 Å². The SMILES string of the molecule is CNC(C)c1ccc(N2CCCC(C(N)=O)C2)nc1. The molecule has 1 aromatic rings. The zero-order valence-electron chi connectivity index (χ0n) is 11.6. The van der Waals surface area contributed by atoms with Crippen LogP contribution in [0.1, 0.15) is 31.4 Å². The van der Waals surface area contributed by atoms with Gasteiger partial charge in [0.2, 0.25) is 5.91 Å². The summed E-state index contributed by atoms with van der Waals surface area (Å²) in [5.41, 5.74) is 6.56. The maximum absolute atomic E-state index is 11.3. The van der Waals surface area contributed by atoms with Gasteiger partial charge in [0.25, 0.3) is 0 Å². The predicted octanol–water partition coefficient (Wildman–Crippen LogP) is 1.06. The van der Waals surface area contributed by atoms with Gasteiger partial charge in [0, 0.05) is 25.3 Å². The smallest absolute Gasteiger partial charge is 0.222 e. The fourth-order valence-electron chi connectivity index (χ4n) is 2.42. The van der Waals surface area contributed by atoms with Gasteiger partial charge < -0.3 is 16.0 Å². The molecule has 1 aromatic heterocycles. The molecule has 1 aliphatic rings. The normalized spacial score (nSPS) is 21.2. The Morgan fingerprint density at radius 3 is 2.95 bits per heavy atom. The van der Waals surface area contributed by atoms with Crippen molar-refractivity contribution in [2.45, 2.75) is 25.8 Å². The zero-order valence-corrected chi connectivity index (χ0v) is 11.6. The van der Waals surface area contributed by atoms with E-state index >= 15 is 0 Å². The van der Waals surface area contributed by atoms with Crippen LogP contribution in [0.3, 0.4) is 0 Å². The van der Waals surface area contributed by atoms with Crippen LogP contribution < -0.4 is 16.0 Å². The van der Waals surface area contributed by atoms with Crippen molar-refractivity contribution in [3.05, 3.63) is 23.9 Å². The van der Waals surface area contributed by atoms with Crippen LogP contribution in [0.25, 0.3) is 0 Å². The number of nitrogens with two attached hydrogens (primary N) is 1. The molecule has 0 aromatic carbocycles. The van der Waals surface area contributed by atoms with Crippen molar-refractivity contribution in [2.24, 2.45) is 11.7 Å². The monoisotopic (exact) mass is 262 g/mol. The third-order valence-electron chi connectivity index (χ3n) is 3.85. The summed E-state index contributed by atoms with van der Waals surface area (Å²) >= 11 is 0. The second-order valence-corrected chi connectivity index (χ2v) is 5.15. The number of rotatable bonds is 4. The number of amides is 1. The van der Waals surface area contributed by atoms with Gasteiger partial charge in [0.15, 0.2) is 0 Å². The van der Waals surface area contributed by atoms with E-state index in [1.807, 2.05) is 19.3 Å². The summed E-state index contributed by atoms with van der Waals surface area (Å²) in [4.78, 5) is 17.9.